The minimum Gasteiger partial charge on any atom is -0.490 e. The van der Waals surface area contributed by atoms with Crippen LogP contribution in [-0.2, 0) is 0 Å². The fourth-order valence-electron chi connectivity index (χ4n) is 1.00. The van der Waals surface area contributed by atoms with Crippen molar-refractivity contribution in [1.82, 2.24) is 0 Å². The van der Waals surface area contributed by atoms with Crippen molar-refractivity contribution in [1.29, 1.82) is 0 Å². The highest BCUT2D eigenvalue weighted by Gasteiger charge is 2.04. The van der Waals surface area contributed by atoms with Crippen LogP contribution in [-0.4, -0.2) is 6.10 Å². The van der Waals surface area contributed by atoms with Crippen LogP contribution < -0.4 is 4.74 Å². The molecule has 0 aromatic heterocycles. The quantitative estimate of drug-likeness (QED) is 0.781. The number of hydrogen-bond donors (Lipinski definition) is 0. The predicted molar refractivity (Wildman–Crippen MR) is 59.3 cm³/mol. The first-order valence-electron chi connectivity index (χ1n) is 4.56. The first kappa shape index (κ1) is 10.6. The Kier molecular flexibility index (Phi) is 3.79. The van der Waals surface area contributed by atoms with Gasteiger partial charge in [-0.3, -0.25) is 0 Å². The minimum absolute atomic E-state index is 0.285. The Morgan fingerprint density at radius 2 is 2.15 bits per heavy atom. The van der Waals surface area contributed by atoms with Gasteiger partial charge in [-0.15, -0.1) is 0 Å². The zero-order valence-electron chi connectivity index (χ0n) is 8.30. The summed E-state index contributed by atoms with van der Waals surface area (Å²) in [6, 6.07) is 6.10. The maximum absolute atomic E-state index is 5.75. The molecular formula is C11H15BrO. The van der Waals surface area contributed by atoms with Crippen LogP contribution in [0, 0.1) is 6.92 Å². The van der Waals surface area contributed by atoms with E-state index >= 15 is 0 Å². The van der Waals surface area contributed by atoms with Crippen LogP contribution in [0.5, 0.6) is 5.75 Å². The molecule has 1 aromatic carbocycles. The van der Waals surface area contributed by atoms with Crippen molar-refractivity contribution >= 4 is 15.9 Å². The van der Waals surface area contributed by atoms with Crippen molar-refractivity contribution in [3.05, 3.63) is 28.2 Å². The number of aryl methyl sites for hydroxylation is 1. The molecule has 0 N–H and O–H groups in total. The molecule has 0 aliphatic heterocycles. The lowest BCUT2D eigenvalue weighted by Gasteiger charge is -2.14. The summed E-state index contributed by atoms with van der Waals surface area (Å²) in [7, 11) is 0. The molecule has 0 amide bonds. The minimum atomic E-state index is 0.285. The van der Waals surface area contributed by atoms with E-state index in [1.54, 1.807) is 0 Å². The van der Waals surface area contributed by atoms with Gasteiger partial charge in [0.25, 0.3) is 0 Å². The maximum Gasteiger partial charge on any atom is 0.123 e. The fraction of sp³-hybridized carbons (Fsp3) is 0.455. The highest BCUT2D eigenvalue weighted by Crippen LogP contribution is 2.24. The van der Waals surface area contributed by atoms with E-state index in [1.807, 2.05) is 12.1 Å². The number of benzene rings is 1. The lowest BCUT2D eigenvalue weighted by molar-refractivity contribution is 0.216. The second-order valence-corrected chi connectivity index (χ2v) is 4.16. The van der Waals surface area contributed by atoms with Crippen LogP contribution in [0.2, 0.25) is 0 Å². The van der Waals surface area contributed by atoms with Crippen LogP contribution in [0.4, 0.5) is 0 Å². The molecule has 0 fully saturated rings. The van der Waals surface area contributed by atoms with Gasteiger partial charge in [0.2, 0.25) is 0 Å². The van der Waals surface area contributed by atoms with E-state index in [1.165, 1.54) is 5.56 Å². The Morgan fingerprint density at radius 3 is 2.77 bits per heavy atom. The number of hydrogen-bond acceptors (Lipinski definition) is 1. The normalized spacial score (nSPS) is 12.6. The molecule has 1 rings (SSSR count). The first-order chi connectivity index (χ1) is 6.13. The summed E-state index contributed by atoms with van der Waals surface area (Å²) in [4.78, 5) is 0. The monoisotopic (exact) mass is 242 g/mol. The van der Waals surface area contributed by atoms with Crippen molar-refractivity contribution < 1.29 is 4.74 Å². The van der Waals surface area contributed by atoms with Gasteiger partial charge >= 0.3 is 0 Å². The lowest BCUT2D eigenvalue weighted by Crippen LogP contribution is -2.10. The molecule has 1 nitrogen and oxygen atoms in total. The van der Waals surface area contributed by atoms with Gasteiger partial charge in [-0.2, -0.15) is 0 Å². The van der Waals surface area contributed by atoms with E-state index in [0.29, 0.717) is 0 Å². The van der Waals surface area contributed by atoms with E-state index < -0.39 is 0 Å². The van der Waals surface area contributed by atoms with E-state index in [4.69, 9.17) is 4.74 Å². The molecule has 0 radical (unpaired) electrons. The lowest BCUT2D eigenvalue weighted by atomic mass is 10.2. The maximum atomic E-state index is 5.75. The zero-order valence-corrected chi connectivity index (χ0v) is 9.89. The van der Waals surface area contributed by atoms with Gasteiger partial charge < -0.3 is 4.74 Å². The number of rotatable bonds is 3. The number of halogens is 1. The van der Waals surface area contributed by atoms with Crippen LogP contribution >= 0.6 is 15.9 Å². The summed E-state index contributed by atoms with van der Waals surface area (Å²) < 4.78 is 6.81. The second-order valence-electron chi connectivity index (χ2n) is 3.25. The highest BCUT2D eigenvalue weighted by molar-refractivity contribution is 9.10. The van der Waals surface area contributed by atoms with Crippen molar-refractivity contribution in [2.75, 3.05) is 0 Å². The highest BCUT2D eigenvalue weighted by atomic mass is 79.9. The van der Waals surface area contributed by atoms with Gasteiger partial charge in [0, 0.05) is 4.47 Å². The smallest absolute Gasteiger partial charge is 0.123 e. The Morgan fingerprint density at radius 1 is 1.46 bits per heavy atom. The fourth-order valence-corrected chi connectivity index (χ4v) is 1.34. The van der Waals surface area contributed by atoms with E-state index in [0.717, 1.165) is 16.6 Å². The third-order valence-corrected chi connectivity index (χ3v) is 2.55. The third kappa shape index (κ3) is 3.03. The summed E-state index contributed by atoms with van der Waals surface area (Å²) in [5, 5.41) is 0. The molecule has 0 spiro atoms. The van der Waals surface area contributed by atoms with Gasteiger partial charge in [-0.25, -0.2) is 0 Å². The van der Waals surface area contributed by atoms with Crippen molar-refractivity contribution in [3.8, 4) is 5.75 Å². The van der Waals surface area contributed by atoms with E-state index in [9.17, 15) is 0 Å². The van der Waals surface area contributed by atoms with Crippen molar-refractivity contribution in [2.45, 2.75) is 33.3 Å². The van der Waals surface area contributed by atoms with Crippen LogP contribution in [0.1, 0.15) is 25.8 Å². The molecule has 1 aromatic rings. The van der Waals surface area contributed by atoms with Gasteiger partial charge in [-0.05, 0) is 38.0 Å². The third-order valence-electron chi connectivity index (χ3n) is 2.05. The van der Waals surface area contributed by atoms with Gasteiger partial charge in [0.1, 0.15) is 5.75 Å². The molecule has 1 atom stereocenters. The Bertz CT molecular complexity index is 283. The first-order valence-corrected chi connectivity index (χ1v) is 5.35. The van der Waals surface area contributed by atoms with E-state index in [2.05, 4.69) is 42.8 Å². The van der Waals surface area contributed by atoms with Crippen LogP contribution in [0.25, 0.3) is 0 Å². The van der Waals surface area contributed by atoms with Crippen molar-refractivity contribution in [3.63, 3.8) is 0 Å². The predicted octanol–water partition coefficient (Wildman–Crippen LogP) is 3.93. The average Bonchev–Trinajstić information content (AvgIpc) is 2.11. The topological polar surface area (TPSA) is 9.23 Å². The van der Waals surface area contributed by atoms with Crippen LogP contribution in [0.3, 0.4) is 0 Å². The summed E-state index contributed by atoms with van der Waals surface area (Å²) >= 11 is 3.43. The molecule has 13 heavy (non-hydrogen) atoms. The van der Waals surface area contributed by atoms with Crippen LogP contribution in [0.15, 0.2) is 22.7 Å². The summed E-state index contributed by atoms with van der Waals surface area (Å²) in [5.74, 6) is 0.976. The zero-order chi connectivity index (χ0) is 9.84. The molecule has 0 aliphatic carbocycles. The molecule has 1 unspecified atom stereocenters. The second kappa shape index (κ2) is 4.66. The Balaban J connectivity index is 2.81. The standard InChI is InChI=1S/C11H15BrO/c1-4-9(3)13-11-7-10(12)6-5-8(11)2/h5-7,9H,4H2,1-3H3. The largest absolute Gasteiger partial charge is 0.490 e. The molecule has 0 saturated heterocycles. The van der Waals surface area contributed by atoms with E-state index in [-0.39, 0.29) is 6.10 Å². The molecule has 0 saturated carbocycles. The van der Waals surface area contributed by atoms with Gasteiger partial charge in [-0.1, -0.05) is 28.9 Å². The summed E-state index contributed by atoms with van der Waals surface area (Å²) in [5.41, 5.74) is 1.18. The Labute approximate surface area is 88.2 Å². The Hall–Kier alpha value is -0.500. The molecule has 0 heterocycles. The molecule has 2 heteroatoms. The summed E-state index contributed by atoms with van der Waals surface area (Å²) in [6.45, 7) is 6.27. The molecule has 72 valence electrons. The average molecular weight is 243 g/mol. The summed E-state index contributed by atoms with van der Waals surface area (Å²) in [6.07, 6.45) is 1.32. The molecular weight excluding hydrogens is 228 g/mol. The SMILES string of the molecule is CCC(C)Oc1cc(Br)ccc1C. The molecule has 0 bridgehead atoms. The van der Waals surface area contributed by atoms with Gasteiger partial charge in [0.15, 0.2) is 0 Å². The van der Waals surface area contributed by atoms with Crippen molar-refractivity contribution in [2.24, 2.45) is 0 Å². The van der Waals surface area contributed by atoms with Gasteiger partial charge in [0.05, 0.1) is 6.10 Å². The molecule has 0 aliphatic rings. The number of ether oxygens (including phenoxy) is 1.